The Bertz CT molecular complexity index is 369. The van der Waals surface area contributed by atoms with E-state index >= 15 is 0 Å². The van der Waals surface area contributed by atoms with Crippen LogP contribution in [0.25, 0.3) is 0 Å². The van der Waals surface area contributed by atoms with Gasteiger partial charge in [-0.15, -0.1) is 0 Å². The van der Waals surface area contributed by atoms with Crippen LogP contribution in [-0.2, 0) is 17.5 Å². The first-order valence-electron chi connectivity index (χ1n) is 5.65. The van der Waals surface area contributed by atoms with Crippen molar-refractivity contribution in [1.82, 2.24) is 9.97 Å². The standard InChI is InChI=1S/C11H19N3O2S/c1-3-11-13-5-9(6-14-11)10(12)4-8(2)7-17(15)16/h5-6,8,10H,3-4,7,12H2,1-2H3,(H,15,16)/p-1. The van der Waals surface area contributed by atoms with Crippen molar-refractivity contribution in [1.29, 1.82) is 0 Å². The number of aryl methyl sites for hydroxylation is 1. The summed E-state index contributed by atoms with van der Waals surface area (Å²) in [4.78, 5) is 8.35. The van der Waals surface area contributed by atoms with Crippen molar-refractivity contribution in [3.8, 4) is 0 Å². The van der Waals surface area contributed by atoms with Crippen LogP contribution in [0, 0.1) is 5.92 Å². The number of hydrogen-bond acceptors (Lipinski definition) is 5. The first-order valence-corrected chi connectivity index (χ1v) is 6.89. The molecule has 1 rings (SSSR count). The molecule has 0 fully saturated rings. The van der Waals surface area contributed by atoms with Gasteiger partial charge in [0.2, 0.25) is 0 Å². The van der Waals surface area contributed by atoms with Gasteiger partial charge < -0.3 is 10.3 Å². The summed E-state index contributed by atoms with van der Waals surface area (Å²) in [5.41, 5.74) is 6.83. The van der Waals surface area contributed by atoms with Gasteiger partial charge in [-0.2, -0.15) is 0 Å². The number of hydrogen-bond donors (Lipinski definition) is 1. The maximum absolute atomic E-state index is 10.5. The van der Waals surface area contributed by atoms with Crippen molar-refractivity contribution >= 4 is 11.1 Å². The molecule has 0 aromatic carbocycles. The Balaban J connectivity index is 2.56. The number of aromatic nitrogens is 2. The van der Waals surface area contributed by atoms with Crippen molar-refractivity contribution in [2.45, 2.75) is 32.7 Å². The van der Waals surface area contributed by atoms with E-state index in [2.05, 4.69) is 9.97 Å². The van der Waals surface area contributed by atoms with Gasteiger partial charge in [0, 0.05) is 36.2 Å². The molecule has 0 aliphatic carbocycles. The normalized spacial score (nSPS) is 16.5. The minimum atomic E-state index is -2.01. The lowest BCUT2D eigenvalue weighted by Gasteiger charge is -2.18. The second kappa shape index (κ2) is 6.78. The summed E-state index contributed by atoms with van der Waals surface area (Å²) in [5, 5.41) is 0. The summed E-state index contributed by atoms with van der Waals surface area (Å²) in [6, 6.07) is -0.209. The van der Waals surface area contributed by atoms with Crippen LogP contribution < -0.4 is 5.73 Å². The Kier molecular flexibility index (Phi) is 5.67. The largest absolute Gasteiger partial charge is 0.772 e. The zero-order valence-electron chi connectivity index (χ0n) is 10.1. The first kappa shape index (κ1) is 14.2. The first-order chi connectivity index (χ1) is 8.02. The summed E-state index contributed by atoms with van der Waals surface area (Å²) in [6.45, 7) is 3.86. The topological polar surface area (TPSA) is 91.9 Å². The SMILES string of the molecule is CCc1ncc(C(N)CC(C)CS(=O)[O-])cn1. The minimum absolute atomic E-state index is 0.0363. The van der Waals surface area contributed by atoms with E-state index in [0.717, 1.165) is 17.8 Å². The summed E-state index contributed by atoms with van der Waals surface area (Å²) in [5.74, 6) is 0.963. The van der Waals surface area contributed by atoms with Gasteiger partial charge in [0.15, 0.2) is 0 Å². The molecule has 0 amide bonds. The summed E-state index contributed by atoms with van der Waals surface area (Å²) >= 11 is -2.01. The van der Waals surface area contributed by atoms with E-state index in [9.17, 15) is 8.76 Å². The van der Waals surface area contributed by atoms with Crippen LogP contribution in [0.1, 0.15) is 37.7 Å². The third-order valence-electron chi connectivity index (χ3n) is 2.55. The molecule has 3 unspecified atom stereocenters. The van der Waals surface area contributed by atoms with Crippen molar-refractivity contribution in [3.05, 3.63) is 23.8 Å². The predicted octanol–water partition coefficient (Wildman–Crippen LogP) is 0.944. The molecule has 0 saturated carbocycles. The van der Waals surface area contributed by atoms with Crippen molar-refractivity contribution < 1.29 is 8.76 Å². The van der Waals surface area contributed by atoms with E-state index in [1.807, 2.05) is 13.8 Å². The van der Waals surface area contributed by atoms with Crippen LogP contribution in [0.5, 0.6) is 0 Å². The molecule has 3 atom stereocenters. The molecule has 1 aromatic heterocycles. The quantitative estimate of drug-likeness (QED) is 0.765. The molecule has 6 heteroatoms. The summed E-state index contributed by atoms with van der Waals surface area (Å²) in [6.07, 6.45) is 4.85. The number of rotatable bonds is 6. The molecule has 1 heterocycles. The van der Waals surface area contributed by atoms with Crippen molar-refractivity contribution in [3.63, 3.8) is 0 Å². The number of nitrogens with zero attached hydrogens (tertiary/aromatic N) is 2. The smallest absolute Gasteiger partial charge is 0.127 e. The fraction of sp³-hybridized carbons (Fsp3) is 0.636. The van der Waals surface area contributed by atoms with Crippen LogP contribution in [0.15, 0.2) is 12.4 Å². The van der Waals surface area contributed by atoms with E-state index in [1.54, 1.807) is 12.4 Å². The second-order valence-corrected chi connectivity index (χ2v) is 5.14. The van der Waals surface area contributed by atoms with E-state index in [0.29, 0.717) is 6.42 Å². The molecule has 5 nitrogen and oxygen atoms in total. The van der Waals surface area contributed by atoms with Gasteiger partial charge in [-0.1, -0.05) is 24.9 Å². The molecule has 2 N–H and O–H groups in total. The fourth-order valence-electron chi connectivity index (χ4n) is 1.61. The monoisotopic (exact) mass is 256 g/mol. The molecule has 0 aliphatic heterocycles. The second-order valence-electron chi connectivity index (χ2n) is 4.20. The maximum atomic E-state index is 10.5. The van der Waals surface area contributed by atoms with Gasteiger partial charge in [0.1, 0.15) is 5.82 Å². The molecule has 0 saturated heterocycles. The Morgan fingerprint density at radius 2 is 2.06 bits per heavy atom. The van der Waals surface area contributed by atoms with E-state index in [1.165, 1.54) is 0 Å². The van der Waals surface area contributed by atoms with Gasteiger partial charge >= 0.3 is 0 Å². The van der Waals surface area contributed by atoms with Crippen molar-refractivity contribution in [2.24, 2.45) is 11.7 Å². The maximum Gasteiger partial charge on any atom is 0.127 e. The Morgan fingerprint density at radius 1 is 1.47 bits per heavy atom. The van der Waals surface area contributed by atoms with Gasteiger partial charge in [0.25, 0.3) is 0 Å². The average Bonchev–Trinajstić information content (AvgIpc) is 2.28. The lowest BCUT2D eigenvalue weighted by Crippen LogP contribution is -2.18. The zero-order chi connectivity index (χ0) is 12.8. The molecule has 0 radical (unpaired) electrons. The molecule has 96 valence electrons. The van der Waals surface area contributed by atoms with Gasteiger partial charge in [-0.25, -0.2) is 9.97 Å². The third kappa shape index (κ3) is 4.89. The highest BCUT2D eigenvalue weighted by Crippen LogP contribution is 2.18. The van der Waals surface area contributed by atoms with Gasteiger partial charge in [-0.3, -0.25) is 4.21 Å². The fourth-order valence-corrected chi connectivity index (χ4v) is 2.21. The highest BCUT2D eigenvalue weighted by atomic mass is 32.2. The van der Waals surface area contributed by atoms with Crippen LogP contribution >= 0.6 is 0 Å². The van der Waals surface area contributed by atoms with E-state index in [-0.39, 0.29) is 17.7 Å². The van der Waals surface area contributed by atoms with Crippen LogP contribution in [0.4, 0.5) is 0 Å². The lowest BCUT2D eigenvalue weighted by molar-refractivity contribution is 0.482. The lowest BCUT2D eigenvalue weighted by atomic mass is 10.00. The van der Waals surface area contributed by atoms with E-state index < -0.39 is 11.1 Å². The third-order valence-corrected chi connectivity index (χ3v) is 3.39. The predicted molar refractivity (Wildman–Crippen MR) is 65.9 cm³/mol. The van der Waals surface area contributed by atoms with Gasteiger partial charge in [0.05, 0.1) is 0 Å². The molecular formula is C11H18N3O2S-. The van der Waals surface area contributed by atoms with E-state index in [4.69, 9.17) is 5.73 Å². The minimum Gasteiger partial charge on any atom is -0.772 e. The Hall–Kier alpha value is -0.850. The molecule has 17 heavy (non-hydrogen) atoms. The number of nitrogens with two attached hydrogens (primary N) is 1. The molecule has 1 aromatic rings. The molecule has 0 spiro atoms. The highest BCUT2D eigenvalue weighted by molar-refractivity contribution is 7.79. The average molecular weight is 256 g/mol. The van der Waals surface area contributed by atoms with Crippen LogP contribution in [0.2, 0.25) is 0 Å². The summed E-state index contributed by atoms with van der Waals surface area (Å²) in [7, 11) is 0. The molecule has 0 aliphatic rings. The van der Waals surface area contributed by atoms with Crippen LogP contribution in [0.3, 0.4) is 0 Å². The Morgan fingerprint density at radius 3 is 2.53 bits per heavy atom. The Labute approximate surface area is 104 Å². The zero-order valence-corrected chi connectivity index (χ0v) is 10.9. The molecular weight excluding hydrogens is 238 g/mol. The van der Waals surface area contributed by atoms with Crippen LogP contribution in [-0.4, -0.2) is 24.5 Å². The summed E-state index contributed by atoms with van der Waals surface area (Å²) < 4.78 is 21.1. The highest BCUT2D eigenvalue weighted by Gasteiger charge is 2.12. The van der Waals surface area contributed by atoms with Gasteiger partial charge in [-0.05, 0) is 12.3 Å². The molecule has 0 bridgehead atoms. The van der Waals surface area contributed by atoms with Crippen molar-refractivity contribution in [2.75, 3.05) is 5.75 Å².